The molecule has 0 radical (unpaired) electrons. The Balaban J connectivity index is 1.17. The third kappa shape index (κ3) is 4.85. The average Bonchev–Trinajstić information content (AvgIpc) is 3.34. The van der Waals surface area contributed by atoms with Gasteiger partial charge in [0.2, 0.25) is 0 Å². The second-order valence-corrected chi connectivity index (χ2v) is 11.1. The molecule has 0 aliphatic carbocycles. The number of amides is 1. The van der Waals surface area contributed by atoms with Crippen LogP contribution >= 0.6 is 23.2 Å². The molecule has 1 atom stereocenters. The maximum absolute atomic E-state index is 12.0. The first kappa shape index (κ1) is 25.7. The van der Waals surface area contributed by atoms with Gasteiger partial charge in [-0.15, -0.1) is 0 Å². The molecular weight excluding hydrogens is 539 g/mol. The van der Waals surface area contributed by atoms with E-state index in [0.717, 1.165) is 67.0 Å². The summed E-state index contributed by atoms with van der Waals surface area (Å²) in [5.74, 6) is 1.59. The van der Waals surface area contributed by atoms with Crippen molar-refractivity contribution in [1.29, 1.82) is 0 Å². The SMILES string of the molecule is COC(=O)N1CCCC2(C1)CN(c1ccc(-c3n[nH]c4ccc(OC(C)c5c(Cl)cncc5Cl)cc34)cn1)C2. The van der Waals surface area contributed by atoms with Crippen LogP contribution < -0.4 is 9.64 Å². The van der Waals surface area contributed by atoms with E-state index in [0.29, 0.717) is 21.4 Å². The first-order valence-electron chi connectivity index (χ1n) is 12.8. The van der Waals surface area contributed by atoms with Gasteiger partial charge in [0.05, 0.1) is 22.7 Å². The third-order valence-electron chi connectivity index (χ3n) is 7.64. The first-order valence-corrected chi connectivity index (χ1v) is 13.6. The van der Waals surface area contributed by atoms with Crippen molar-refractivity contribution in [1.82, 2.24) is 25.1 Å². The normalized spacial score (nSPS) is 17.2. The molecule has 9 nitrogen and oxygen atoms in total. The number of hydrogen-bond donors (Lipinski definition) is 1. The number of benzene rings is 1. The lowest BCUT2D eigenvalue weighted by molar-refractivity contribution is 0.0501. The number of fused-ring (bicyclic) bond motifs is 1. The minimum Gasteiger partial charge on any atom is -0.486 e. The number of likely N-dealkylation sites (tertiary alicyclic amines) is 1. The van der Waals surface area contributed by atoms with Gasteiger partial charge in [-0.2, -0.15) is 5.10 Å². The zero-order chi connectivity index (χ0) is 27.1. The van der Waals surface area contributed by atoms with E-state index >= 15 is 0 Å². The molecule has 1 N–H and O–H groups in total. The van der Waals surface area contributed by atoms with Crippen molar-refractivity contribution in [2.75, 3.05) is 38.2 Å². The summed E-state index contributed by atoms with van der Waals surface area (Å²) in [6, 6.07) is 9.85. The second kappa shape index (κ2) is 10.2. The molecule has 0 bridgehead atoms. The van der Waals surface area contributed by atoms with E-state index < -0.39 is 0 Å². The molecule has 2 saturated heterocycles. The van der Waals surface area contributed by atoms with Crippen LogP contribution in [0.1, 0.15) is 31.4 Å². The van der Waals surface area contributed by atoms with E-state index in [1.165, 1.54) is 7.11 Å². The highest BCUT2D eigenvalue weighted by Crippen LogP contribution is 2.41. The highest BCUT2D eigenvalue weighted by molar-refractivity contribution is 6.35. The minimum absolute atomic E-state index is 0.115. The quantitative estimate of drug-likeness (QED) is 0.310. The van der Waals surface area contributed by atoms with Crippen LogP contribution in [0, 0.1) is 5.41 Å². The molecular formula is C28H28Cl2N6O3. The largest absolute Gasteiger partial charge is 0.486 e. The van der Waals surface area contributed by atoms with Gasteiger partial charge in [0.15, 0.2) is 0 Å². The van der Waals surface area contributed by atoms with E-state index in [9.17, 15) is 4.79 Å². The topological polar surface area (TPSA) is 96.5 Å². The maximum Gasteiger partial charge on any atom is 0.409 e. The molecule has 1 aromatic carbocycles. The molecule has 11 heteroatoms. The van der Waals surface area contributed by atoms with Gasteiger partial charge in [0.1, 0.15) is 23.4 Å². The number of aromatic amines is 1. The van der Waals surface area contributed by atoms with Gasteiger partial charge in [-0.1, -0.05) is 23.2 Å². The van der Waals surface area contributed by atoms with E-state index in [1.54, 1.807) is 12.4 Å². The van der Waals surface area contributed by atoms with Crippen LogP contribution in [-0.2, 0) is 4.74 Å². The first-order chi connectivity index (χ1) is 18.9. The highest BCUT2D eigenvalue weighted by atomic mass is 35.5. The van der Waals surface area contributed by atoms with Gasteiger partial charge >= 0.3 is 6.09 Å². The fourth-order valence-corrected chi connectivity index (χ4v) is 6.42. The van der Waals surface area contributed by atoms with Gasteiger partial charge in [0.25, 0.3) is 0 Å². The number of ether oxygens (including phenoxy) is 2. The van der Waals surface area contributed by atoms with Crippen LogP contribution in [0.2, 0.25) is 10.0 Å². The standard InChI is InChI=1S/C28H28Cl2N6O3/c1-17(25-21(29)12-31-13-22(25)30)39-19-5-6-23-20(10-19)26(34-33-23)18-4-7-24(32-11-18)36-15-28(16-36)8-3-9-35(14-28)27(37)38-2/h4-7,10-13,17H,3,8-9,14-16H2,1-2H3,(H,33,34). The van der Waals surface area contributed by atoms with Crippen molar-refractivity contribution in [3.05, 3.63) is 64.5 Å². The number of hydrogen-bond acceptors (Lipinski definition) is 7. The lowest BCUT2D eigenvalue weighted by atomic mass is 9.73. The van der Waals surface area contributed by atoms with Crippen molar-refractivity contribution in [3.63, 3.8) is 0 Å². The number of halogens is 2. The number of methoxy groups -OCH3 is 1. The molecule has 0 saturated carbocycles. The molecule has 202 valence electrons. The van der Waals surface area contributed by atoms with Gasteiger partial charge < -0.3 is 19.3 Å². The van der Waals surface area contributed by atoms with Gasteiger partial charge in [-0.05, 0) is 50.1 Å². The number of H-pyrrole nitrogens is 1. The van der Waals surface area contributed by atoms with E-state index in [4.69, 9.17) is 37.7 Å². The Morgan fingerprint density at radius 1 is 1.10 bits per heavy atom. The molecule has 2 aliphatic heterocycles. The van der Waals surface area contributed by atoms with Crippen molar-refractivity contribution in [3.8, 4) is 17.0 Å². The molecule has 1 amide bonds. The van der Waals surface area contributed by atoms with Crippen LogP contribution in [0.5, 0.6) is 5.75 Å². The molecule has 2 fully saturated rings. The summed E-state index contributed by atoms with van der Waals surface area (Å²) in [5, 5.41) is 9.49. The summed E-state index contributed by atoms with van der Waals surface area (Å²) in [4.78, 5) is 24.8. The summed E-state index contributed by atoms with van der Waals surface area (Å²) >= 11 is 12.6. The smallest absolute Gasteiger partial charge is 0.409 e. The molecule has 2 aliphatic rings. The fraction of sp³-hybridized carbons (Fsp3) is 0.357. The molecule has 1 unspecified atom stereocenters. The fourth-order valence-electron chi connectivity index (χ4n) is 5.75. The number of anilines is 1. The molecule has 1 spiro atoms. The molecule has 4 aromatic rings. The van der Waals surface area contributed by atoms with Crippen LogP contribution in [0.3, 0.4) is 0 Å². The van der Waals surface area contributed by atoms with Gasteiger partial charge in [-0.3, -0.25) is 10.1 Å². The number of aromatic nitrogens is 4. The number of carbonyl (C=O) groups is 1. The number of nitrogens with one attached hydrogen (secondary N) is 1. The highest BCUT2D eigenvalue weighted by Gasteiger charge is 2.47. The van der Waals surface area contributed by atoms with Crippen molar-refractivity contribution >= 4 is 46.0 Å². The number of pyridine rings is 2. The monoisotopic (exact) mass is 566 g/mol. The van der Waals surface area contributed by atoms with E-state index in [-0.39, 0.29) is 17.6 Å². The zero-order valence-electron chi connectivity index (χ0n) is 21.7. The predicted molar refractivity (Wildman–Crippen MR) is 150 cm³/mol. The lowest BCUT2D eigenvalue weighted by Gasteiger charge is -2.54. The number of nitrogens with zero attached hydrogens (tertiary/aromatic N) is 5. The maximum atomic E-state index is 12.0. The lowest BCUT2D eigenvalue weighted by Crippen LogP contribution is -2.63. The molecule has 39 heavy (non-hydrogen) atoms. The molecule has 6 rings (SSSR count). The summed E-state index contributed by atoms with van der Waals surface area (Å²) in [5.41, 5.74) is 3.40. The minimum atomic E-state index is -0.370. The Bertz CT molecular complexity index is 1500. The van der Waals surface area contributed by atoms with Crippen LogP contribution in [0.25, 0.3) is 22.2 Å². The summed E-state index contributed by atoms with van der Waals surface area (Å²) in [7, 11) is 1.44. The third-order valence-corrected chi connectivity index (χ3v) is 8.24. The summed E-state index contributed by atoms with van der Waals surface area (Å²) in [6.45, 7) is 5.15. The molecule has 5 heterocycles. The van der Waals surface area contributed by atoms with Gasteiger partial charge in [-0.25, -0.2) is 9.78 Å². The van der Waals surface area contributed by atoms with Crippen molar-refractivity contribution in [2.45, 2.75) is 25.9 Å². The van der Waals surface area contributed by atoms with Crippen molar-refractivity contribution < 1.29 is 14.3 Å². The number of rotatable bonds is 5. The Labute approximate surface area is 236 Å². The predicted octanol–water partition coefficient (Wildman–Crippen LogP) is 6.14. The Morgan fingerprint density at radius 3 is 2.62 bits per heavy atom. The Morgan fingerprint density at radius 2 is 1.90 bits per heavy atom. The zero-order valence-corrected chi connectivity index (χ0v) is 23.2. The number of piperidine rings is 1. The van der Waals surface area contributed by atoms with Gasteiger partial charge in [0, 0.05) is 66.7 Å². The van der Waals surface area contributed by atoms with Crippen LogP contribution in [-0.4, -0.2) is 64.4 Å². The molecule has 3 aromatic heterocycles. The number of carbonyl (C=O) groups excluding carboxylic acids is 1. The Hall–Kier alpha value is -3.56. The Kier molecular flexibility index (Phi) is 6.72. The van der Waals surface area contributed by atoms with Crippen LogP contribution in [0.15, 0.2) is 48.9 Å². The van der Waals surface area contributed by atoms with Crippen LogP contribution in [0.4, 0.5) is 10.6 Å². The average molecular weight is 567 g/mol. The van der Waals surface area contributed by atoms with E-state index in [2.05, 4.69) is 20.1 Å². The van der Waals surface area contributed by atoms with Crippen molar-refractivity contribution in [2.24, 2.45) is 5.41 Å². The summed E-state index contributed by atoms with van der Waals surface area (Å²) < 4.78 is 11.1. The second-order valence-electron chi connectivity index (χ2n) is 10.3. The summed E-state index contributed by atoms with van der Waals surface area (Å²) in [6.07, 6.45) is 6.46. The van der Waals surface area contributed by atoms with E-state index in [1.807, 2.05) is 48.4 Å².